The molecular weight excluding hydrogens is 388 g/mol. The third-order valence-corrected chi connectivity index (χ3v) is 7.27. The number of sulfone groups is 1. The lowest BCUT2D eigenvalue weighted by Gasteiger charge is -2.08. The maximum atomic E-state index is 12.4. The topological polar surface area (TPSA) is 94.6 Å². The molecular formula is C18H16N2O5S2. The van der Waals surface area contributed by atoms with Crippen molar-refractivity contribution in [3.63, 3.8) is 0 Å². The van der Waals surface area contributed by atoms with Crippen LogP contribution in [0.2, 0.25) is 0 Å². The molecule has 0 atom stereocenters. The summed E-state index contributed by atoms with van der Waals surface area (Å²) in [5, 5.41) is 2.66. The molecule has 0 aliphatic carbocycles. The summed E-state index contributed by atoms with van der Waals surface area (Å²) in [5.74, 6) is 0.932. The molecule has 0 saturated heterocycles. The van der Waals surface area contributed by atoms with Crippen molar-refractivity contribution in [2.45, 2.75) is 24.0 Å². The van der Waals surface area contributed by atoms with Crippen LogP contribution in [0.3, 0.4) is 0 Å². The van der Waals surface area contributed by atoms with E-state index in [0.717, 1.165) is 4.70 Å². The molecule has 1 aliphatic rings. The number of anilines is 1. The number of fused-ring (bicyclic) bond motifs is 2. The summed E-state index contributed by atoms with van der Waals surface area (Å²) in [6.45, 7) is 3.43. The van der Waals surface area contributed by atoms with E-state index < -0.39 is 15.1 Å². The first kappa shape index (κ1) is 17.7. The number of carbonyl (C=O) groups is 1. The van der Waals surface area contributed by atoms with Crippen molar-refractivity contribution in [3.05, 3.63) is 42.0 Å². The van der Waals surface area contributed by atoms with Crippen molar-refractivity contribution in [2.75, 3.05) is 12.1 Å². The van der Waals surface area contributed by atoms with Crippen LogP contribution in [0.1, 0.15) is 24.2 Å². The summed E-state index contributed by atoms with van der Waals surface area (Å²) in [7, 11) is -3.37. The second-order valence-corrected chi connectivity index (χ2v) is 9.80. The van der Waals surface area contributed by atoms with Crippen LogP contribution in [-0.2, 0) is 9.84 Å². The van der Waals surface area contributed by atoms with Gasteiger partial charge in [0.25, 0.3) is 5.91 Å². The average molecular weight is 404 g/mol. The number of aromatic nitrogens is 1. The first-order valence-electron chi connectivity index (χ1n) is 8.20. The molecule has 1 aliphatic heterocycles. The minimum absolute atomic E-state index is 0.193. The van der Waals surface area contributed by atoms with Gasteiger partial charge in [-0.2, -0.15) is 0 Å². The first-order valence-corrected chi connectivity index (χ1v) is 10.6. The molecule has 140 valence electrons. The minimum Gasteiger partial charge on any atom is -0.454 e. The van der Waals surface area contributed by atoms with Gasteiger partial charge in [0.05, 0.1) is 20.4 Å². The van der Waals surface area contributed by atoms with E-state index in [4.69, 9.17) is 9.47 Å². The van der Waals surface area contributed by atoms with E-state index in [1.807, 2.05) is 6.07 Å². The van der Waals surface area contributed by atoms with Gasteiger partial charge in [-0.15, -0.1) is 0 Å². The Kier molecular flexibility index (Phi) is 4.27. The maximum Gasteiger partial charge on any atom is 0.257 e. The number of amides is 1. The van der Waals surface area contributed by atoms with E-state index in [2.05, 4.69) is 10.3 Å². The number of rotatable bonds is 4. The average Bonchev–Trinajstić information content (AvgIpc) is 3.24. The highest BCUT2D eigenvalue weighted by Crippen LogP contribution is 2.39. The van der Waals surface area contributed by atoms with Crippen molar-refractivity contribution in [3.8, 4) is 11.5 Å². The monoisotopic (exact) mass is 404 g/mol. The molecule has 2 heterocycles. The minimum atomic E-state index is -3.37. The van der Waals surface area contributed by atoms with Gasteiger partial charge in [0, 0.05) is 17.7 Å². The van der Waals surface area contributed by atoms with Crippen molar-refractivity contribution < 1.29 is 22.7 Å². The van der Waals surface area contributed by atoms with Gasteiger partial charge in [0.1, 0.15) is 0 Å². The van der Waals surface area contributed by atoms with Gasteiger partial charge in [0.15, 0.2) is 26.5 Å². The summed E-state index contributed by atoms with van der Waals surface area (Å²) in [4.78, 5) is 17.0. The molecule has 0 radical (unpaired) electrons. The fourth-order valence-corrected chi connectivity index (χ4v) is 4.54. The van der Waals surface area contributed by atoms with Crippen molar-refractivity contribution in [2.24, 2.45) is 0 Å². The summed E-state index contributed by atoms with van der Waals surface area (Å²) < 4.78 is 35.9. The van der Waals surface area contributed by atoms with Crippen molar-refractivity contribution in [1.29, 1.82) is 0 Å². The fraction of sp³-hybridized carbons (Fsp3) is 0.222. The Bertz CT molecular complexity index is 1090. The Balaban J connectivity index is 1.55. The van der Waals surface area contributed by atoms with Crippen LogP contribution in [0.15, 0.2) is 41.3 Å². The number of nitrogens with zero attached hydrogens (tertiary/aromatic N) is 1. The molecule has 3 aromatic rings. The van der Waals surface area contributed by atoms with E-state index in [1.165, 1.54) is 35.6 Å². The predicted octanol–water partition coefficient (Wildman–Crippen LogP) is 3.46. The quantitative estimate of drug-likeness (QED) is 0.716. The lowest BCUT2D eigenvalue weighted by atomic mass is 10.2. The van der Waals surface area contributed by atoms with E-state index in [9.17, 15) is 13.2 Å². The normalized spacial score (nSPS) is 13.3. The van der Waals surface area contributed by atoms with Crippen molar-refractivity contribution >= 4 is 42.4 Å². The highest BCUT2D eigenvalue weighted by Gasteiger charge is 2.20. The Morgan fingerprint density at radius 1 is 1.15 bits per heavy atom. The van der Waals surface area contributed by atoms with Crippen LogP contribution in [0, 0.1) is 0 Å². The molecule has 1 N–H and O–H groups in total. The summed E-state index contributed by atoms with van der Waals surface area (Å²) in [6, 6.07) is 9.48. The molecule has 0 unspecified atom stereocenters. The van der Waals surface area contributed by atoms with Crippen LogP contribution >= 0.6 is 11.3 Å². The SMILES string of the molecule is CC(C)S(=O)(=O)c1ccc(C(=O)Nc2nc3cc4c(cc3s2)OCO4)cc1. The molecule has 1 aromatic heterocycles. The predicted molar refractivity (Wildman–Crippen MR) is 102 cm³/mol. The van der Waals surface area contributed by atoms with Crippen molar-refractivity contribution in [1.82, 2.24) is 4.98 Å². The Labute approximate surface area is 159 Å². The zero-order chi connectivity index (χ0) is 19.2. The second-order valence-electron chi connectivity index (χ2n) is 6.26. The van der Waals surface area contributed by atoms with Gasteiger partial charge in [-0.1, -0.05) is 11.3 Å². The molecule has 4 rings (SSSR count). The lowest BCUT2D eigenvalue weighted by Crippen LogP contribution is -2.15. The third kappa shape index (κ3) is 3.24. The molecule has 27 heavy (non-hydrogen) atoms. The van der Waals surface area contributed by atoms with Crippen LogP contribution < -0.4 is 14.8 Å². The molecule has 9 heteroatoms. The molecule has 0 fully saturated rings. The number of ether oxygens (including phenoxy) is 2. The maximum absolute atomic E-state index is 12.4. The highest BCUT2D eigenvalue weighted by atomic mass is 32.2. The van der Waals surface area contributed by atoms with E-state index in [-0.39, 0.29) is 17.6 Å². The third-order valence-electron chi connectivity index (χ3n) is 4.17. The van der Waals surface area contributed by atoms with Gasteiger partial charge >= 0.3 is 0 Å². The Morgan fingerprint density at radius 3 is 2.48 bits per heavy atom. The van der Waals surface area contributed by atoms with Gasteiger partial charge < -0.3 is 9.47 Å². The number of hydrogen-bond donors (Lipinski definition) is 1. The first-order chi connectivity index (χ1) is 12.8. The zero-order valence-corrected chi connectivity index (χ0v) is 16.2. The van der Waals surface area contributed by atoms with Gasteiger partial charge in [-0.05, 0) is 38.1 Å². The summed E-state index contributed by atoms with van der Waals surface area (Å²) >= 11 is 1.32. The molecule has 0 spiro atoms. The smallest absolute Gasteiger partial charge is 0.257 e. The number of benzene rings is 2. The van der Waals surface area contributed by atoms with Gasteiger partial charge in [0.2, 0.25) is 6.79 Å². The zero-order valence-electron chi connectivity index (χ0n) is 14.6. The van der Waals surface area contributed by atoms with Gasteiger partial charge in [-0.3, -0.25) is 10.1 Å². The standard InChI is InChI=1S/C18H16N2O5S2/c1-10(2)27(22,23)12-5-3-11(4-6-12)17(21)20-18-19-13-7-14-15(25-9-24-14)8-16(13)26-18/h3-8,10H,9H2,1-2H3,(H,19,20,21). The number of thiazole rings is 1. The van der Waals surface area contributed by atoms with E-state index >= 15 is 0 Å². The lowest BCUT2D eigenvalue weighted by molar-refractivity contribution is 0.102. The van der Waals surface area contributed by atoms with E-state index in [1.54, 1.807) is 19.9 Å². The number of hydrogen-bond acceptors (Lipinski definition) is 7. The molecule has 0 saturated carbocycles. The fourth-order valence-electron chi connectivity index (χ4n) is 2.61. The van der Waals surface area contributed by atoms with Crippen LogP contribution in [0.5, 0.6) is 11.5 Å². The molecule has 0 bridgehead atoms. The van der Waals surface area contributed by atoms with Crippen LogP contribution in [0.4, 0.5) is 5.13 Å². The number of nitrogens with one attached hydrogen (secondary N) is 1. The van der Waals surface area contributed by atoms with Crippen LogP contribution in [0.25, 0.3) is 10.2 Å². The molecule has 7 nitrogen and oxygen atoms in total. The Morgan fingerprint density at radius 2 is 1.81 bits per heavy atom. The van der Waals surface area contributed by atoms with E-state index in [0.29, 0.717) is 27.7 Å². The molecule has 1 amide bonds. The summed E-state index contributed by atoms with van der Waals surface area (Å²) in [6.07, 6.45) is 0. The van der Waals surface area contributed by atoms with Gasteiger partial charge in [-0.25, -0.2) is 13.4 Å². The highest BCUT2D eigenvalue weighted by molar-refractivity contribution is 7.92. The largest absolute Gasteiger partial charge is 0.454 e. The second kappa shape index (κ2) is 6.50. The summed E-state index contributed by atoms with van der Waals surface area (Å²) in [5.41, 5.74) is 1.06. The Hall–Kier alpha value is -2.65. The number of carbonyl (C=O) groups excluding carboxylic acids is 1. The van der Waals surface area contributed by atoms with Crippen LogP contribution in [-0.4, -0.2) is 31.4 Å². The molecule has 2 aromatic carbocycles.